The molecule has 11 aromatic rings. The maximum Gasteiger partial charge on any atom is 0.0434 e. The van der Waals surface area contributed by atoms with Crippen molar-refractivity contribution >= 4 is 74.6 Å². The van der Waals surface area contributed by atoms with Crippen molar-refractivity contribution in [3.8, 4) is 44.5 Å². The minimum absolute atomic E-state index is 1.21. The van der Waals surface area contributed by atoms with Crippen molar-refractivity contribution in [3.63, 3.8) is 0 Å². The molecule has 11 rings (SSSR count). The van der Waals surface area contributed by atoms with Crippen LogP contribution in [0.25, 0.3) is 108 Å². The number of fused-ring (bicyclic) bond motifs is 8. The van der Waals surface area contributed by atoms with Gasteiger partial charge in [0.15, 0.2) is 0 Å². The number of rotatable bonds is 4. The Bertz CT molecular complexity index is 3150. The second-order valence-corrected chi connectivity index (χ2v) is 15.0. The van der Waals surface area contributed by atoms with E-state index in [0.29, 0.717) is 0 Å². The minimum atomic E-state index is 1.21. The molecule has 0 saturated carbocycles. The van der Waals surface area contributed by atoms with E-state index < -0.39 is 0 Å². The van der Waals surface area contributed by atoms with E-state index in [1.165, 1.54) is 108 Å². The van der Waals surface area contributed by atoms with Gasteiger partial charge in [-0.15, -0.1) is 11.3 Å². The van der Waals surface area contributed by atoms with E-state index in [2.05, 4.69) is 194 Å². The Hall–Kier alpha value is -6.54. The van der Waals surface area contributed by atoms with Gasteiger partial charge in [-0.25, -0.2) is 0 Å². The van der Waals surface area contributed by atoms with E-state index in [0.717, 1.165) is 0 Å². The van der Waals surface area contributed by atoms with Gasteiger partial charge in [-0.2, -0.15) is 0 Å². The zero-order chi connectivity index (χ0) is 34.9. The number of thiophene rings is 1. The molecule has 0 nitrogen and oxygen atoms in total. The Labute approximate surface area is 311 Å². The van der Waals surface area contributed by atoms with Gasteiger partial charge < -0.3 is 0 Å². The molecule has 0 saturated heterocycles. The van der Waals surface area contributed by atoms with Gasteiger partial charge in [0, 0.05) is 25.7 Å². The standard InChI is InChI=1S/C52H32S/c1-3-16-37-33(13-1)15-11-24-41(37)40-19-6-5-17-38(40)35-27-29-36(30-28-35)49-42-20-7-9-22-44(42)50(45-23-10-8-21-43(45)49)46-25-12-26-47-51-39-18-4-2-14-34(39)31-32-48(51)53-52(46)47/h1-32H. The van der Waals surface area contributed by atoms with Crippen molar-refractivity contribution in [2.24, 2.45) is 0 Å². The van der Waals surface area contributed by atoms with E-state index in [9.17, 15) is 0 Å². The SMILES string of the molecule is c1ccc(-c2cccc3ccccc23)c(-c2ccc(-c3c4ccccc4c(-c4cccc5c4sc4ccc6ccccc6c45)c4ccccc34)cc2)c1. The van der Waals surface area contributed by atoms with E-state index in [4.69, 9.17) is 0 Å². The molecule has 1 heterocycles. The Kier molecular flexibility index (Phi) is 6.83. The summed E-state index contributed by atoms with van der Waals surface area (Å²) in [4.78, 5) is 0. The van der Waals surface area contributed by atoms with Crippen LogP contribution in [0.4, 0.5) is 0 Å². The fraction of sp³-hybridized carbons (Fsp3) is 0. The van der Waals surface area contributed by atoms with Gasteiger partial charge in [0.05, 0.1) is 0 Å². The summed E-state index contributed by atoms with van der Waals surface area (Å²) in [5.74, 6) is 0. The molecular weight excluding hydrogens is 657 g/mol. The van der Waals surface area contributed by atoms with Crippen molar-refractivity contribution in [3.05, 3.63) is 194 Å². The van der Waals surface area contributed by atoms with Crippen LogP contribution in [0, 0.1) is 0 Å². The third kappa shape index (κ3) is 4.68. The molecule has 0 unspecified atom stereocenters. The van der Waals surface area contributed by atoms with Gasteiger partial charge in [0.2, 0.25) is 0 Å². The zero-order valence-electron chi connectivity index (χ0n) is 28.9. The first-order valence-corrected chi connectivity index (χ1v) is 19.1. The summed E-state index contributed by atoms with van der Waals surface area (Å²) in [5.41, 5.74) is 10.1. The Morgan fingerprint density at radius 3 is 1.45 bits per heavy atom. The molecule has 246 valence electrons. The summed E-state index contributed by atoms with van der Waals surface area (Å²) >= 11 is 1.92. The molecule has 0 radical (unpaired) electrons. The molecule has 1 heteroatoms. The molecule has 1 aromatic heterocycles. The summed E-state index contributed by atoms with van der Waals surface area (Å²) in [5, 5.41) is 12.9. The maximum atomic E-state index is 2.33. The number of benzene rings is 10. The van der Waals surface area contributed by atoms with Crippen LogP contribution < -0.4 is 0 Å². The predicted octanol–water partition coefficient (Wildman–Crippen LogP) is 15.3. The van der Waals surface area contributed by atoms with Gasteiger partial charge >= 0.3 is 0 Å². The Morgan fingerprint density at radius 1 is 0.264 bits per heavy atom. The molecule has 0 aliphatic rings. The highest BCUT2D eigenvalue weighted by molar-refractivity contribution is 7.26. The summed E-state index contributed by atoms with van der Waals surface area (Å²) in [7, 11) is 0. The van der Waals surface area contributed by atoms with E-state index in [-0.39, 0.29) is 0 Å². The lowest BCUT2D eigenvalue weighted by molar-refractivity contribution is 1.59. The van der Waals surface area contributed by atoms with Crippen LogP contribution >= 0.6 is 11.3 Å². The predicted molar refractivity (Wildman–Crippen MR) is 231 cm³/mol. The van der Waals surface area contributed by atoms with Crippen molar-refractivity contribution in [2.45, 2.75) is 0 Å². The zero-order valence-corrected chi connectivity index (χ0v) is 29.7. The molecule has 53 heavy (non-hydrogen) atoms. The molecule has 0 atom stereocenters. The van der Waals surface area contributed by atoms with Crippen molar-refractivity contribution in [2.75, 3.05) is 0 Å². The number of hydrogen-bond donors (Lipinski definition) is 0. The summed E-state index contributed by atoms with van der Waals surface area (Å²) < 4.78 is 2.68. The lowest BCUT2D eigenvalue weighted by Gasteiger charge is -2.18. The van der Waals surface area contributed by atoms with Gasteiger partial charge in [-0.05, 0) is 88.1 Å². The fourth-order valence-electron chi connectivity index (χ4n) is 8.74. The first-order chi connectivity index (χ1) is 26.3. The Morgan fingerprint density at radius 2 is 0.736 bits per heavy atom. The second kappa shape index (κ2) is 12.0. The minimum Gasteiger partial charge on any atom is -0.135 e. The lowest BCUT2D eigenvalue weighted by atomic mass is 9.85. The highest BCUT2D eigenvalue weighted by Gasteiger charge is 2.20. The molecule has 0 N–H and O–H groups in total. The number of hydrogen-bond acceptors (Lipinski definition) is 1. The molecule has 0 bridgehead atoms. The van der Waals surface area contributed by atoms with Crippen LogP contribution in [0.2, 0.25) is 0 Å². The van der Waals surface area contributed by atoms with Crippen molar-refractivity contribution in [1.29, 1.82) is 0 Å². The van der Waals surface area contributed by atoms with Crippen LogP contribution in [-0.4, -0.2) is 0 Å². The van der Waals surface area contributed by atoms with Crippen molar-refractivity contribution < 1.29 is 0 Å². The molecule has 0 aliphatic heterocycles. The average molecular weight is 689 g/mol. The summed E-state index contributed by atoms with van der Waals surface area (Å²) in [6.45, 7) is 0. The van der Waals surface area contributed by atoms with Crippen LogP contribution in [0.5, 0.6) is 0 Å². The summed E-state index contributed by atoms with van der Waals surface area (Å²) in [6.07, 6.45) is 0. The van der Waals surface area contributed by atoms with E-state index >= 15 is 0 Å². The van der Waals surface area contributed by atoms with Crippen LogP contribution in [0.1, 0.15) is 0 Å². The van der Waals surface area contributed by atoms with Gasteiger partial charge in [-0.1, -0.05) is 188 Å². The lowest BCUT2D eigenvalue weighted by Crippen LogP contribution is -1.91. The molecule has 0 fully saturated rings. The monoisotopic (exact) mass is 688 g/mol. The topological polar surface area (TPSA) is 0 Å². The van der Waals surface area contributed by atoms with Gasteiger partial charge in [0.25, 0.3) is 0 Å². The smallest absolute Gasteiger partial charge is 0.0434 e. The highest BCUT2D eigenvalue weighted by Crippen LogP contribution is 2.49. The van der Waals surface area contributed by atoms with E-state index in [1.54, 1.807) is 0 Å². The second-order valence-electron chi connectivity index (χ2n) is 13.9. The molecule has 0 spiro atoms. The van der Waals surface area contributed by atoms with Crippen molar-refractivity contribution in [1.82, 2.24) is 0 Å². The summed E-state index contributed by atoms with van der Waals surface area (Å²) in [6, 6.07) is 71.6. The third-order valence-electron chi connectivity index (χ3n) is 11.1. The normalized spacial score (nSPS) is 11.8. The molecule has 0 aliphatic carbocycles. The third-order valence-corrected chi connectivity index (χ3v) is 12.3. The van der Waals surface area contributed by atoms with Gasteiger partial charge in [0.1, 0.15) is 0 Å². The van der Waals surface area contributed by atoms with Crippen LogP contribution in [-0.2, 0) is 0 Å². The Balaban J connectivity index is 1.11. The van der Waals surface area contributed by atoms with Gasteiger partial charge in [-0.3, -0.25) is 0 Å². The average Bonchev–Trinajstić information content (AvgIpc) is 3.63. The molecule has 10 aromatic carbocycles. The fourth-order valence-corrected chi connectivity index (χ4v) is 9.98. The largest absolute Gasteiger partial charge is 0.135 e. The van der Waals surface area contributed by atoms with E-state index in [1.807, 2.05) is 11.3 Å². The first kappa shape index (κ1) is 30.1. The molecule has 0 amide bonds. The molecular formula is C52H32S. The quantitative estimate of drug-likeness (QED) is 0.162. The van der Waals surface area contributed by atoms with Crippen LogP contribution in [0.15, 0.2) is 194 Å². The van der Waals surface area contributed by atoms with Crippen LogP contribution in [0.3, 0.4) is 0 Å². The maximum absolute atomic E-state index is 2.33. The first-order valence-electron chi connectivity index (χ1n) is 18.3. The highest BCUT2D eigenvalue weighted by atomic mass is 32.1.